The molecule has 2 heterocycles. The van der Waals surface area contributed by atoms with Crippen LogP contribution in [0.4, 0.5) is 37.7 Å². The molecule has 41 heavy (non-hydrogen) atoms. The number of pyridine rings is 1. The summed E-state index contributed by atoms with van der Waals surface area (Å²) < 4.78 is 78.7. The number of aromatic amines is 1. The minimum atomic E-state index is -5.19. The number of benzene rings is 1. The van der Waals surface area contributed by atoms with Crippen LogP contribution in [0.25, 0.3) is 0 Å². The zero-order valence-corrected chi connectivity index (χ0v) is 22.7. The number of likely N-dealkylation sites (tertiary alicyclic amines) is 1. The highest BCUT2D eigenvalue weighted by molar-refractivity contribution is 9.10. The zero-order chi connectivity index (χ0) is 30.5. The SMILES string of the molecule is Cc1cc(C(=O)N2C[C@H](Nc3c(C(=O)N(CC(F)(F)F)CC(F)(F)F)cc(Br)cc3[N+](=O)[O-])C3(CC3)C2)cc(=O)[nH]1. The average molecular weight is 654 g/mol. The van der Waals surface area contributed by atoms with Crippen LogP contribution in [0.1, 0.15) is 39.3 Å². The predicted molar refractivity (Wildman–Crippen MR) is 136 cm³/mol. The Labute approximate surface area is 236 Å². The van der Waals surface area contributed by atoms with Crippen molar-refractivity contribution in [2.45, 2.75) is 38.2 Å². The number of aryl methyl sites for hydroxylation is 1. The van der Waals surface area contributed by atoms with Gasteiger partial charge in [-0.1, -0.05) is 15.9 Å². The highest BCUT2D eigenvalue weighted by Gasteiger charge is 2.56. The molecule has 1 aliphatic carbocycles. The van der Waals surface area contributed by atoms with E-state index in [0.29, 0.717) is 18.5 Å². The first-order valence-corrected chi connectivity index (χ1v) is 12.8. The highest BCUT2D eigenvalue weighted by atomic mass is 79.9. The van der Waals surface area contributed by atoms with Crippen molar-refractivity contribution in [3.05, 3.63) is 66.0 Å². The number of anilines is 1. The van der Waals surface area contributed by atoms with E-state index in [0.717, 1.165) is 18.2 Å². The fraction of sp³-hybridized carbons (Fsp3) is 0.458. The van der Waals surface area contributed by atoms with Crippen LogP contribution in [-0.2, 0) is 0 Å². The van der Waals surface area contributed by atoms with Gasteiger partial charge in [-0.05, 0) is 31.9 Å². The van der Waals surface area contributed by atoms with Crippen molar-refractivity contribution in [2.75, 3.05) is 31.5 Å². The summed E-state index contributed by atoms with van der Waals surface area (Å²) in [6.07, 6.45) is -9.25. The van der Waals surface area contributed by atoms with Crippen LogP contribution in [0.3, 0.4) is 0 Å². The number of carbonyl (C=O) groups is 2. The molecule has 17 heteroatoms. The maximum absolute atomic E-state index is 13.2. The van der Waals surface area contributed by atoms with Gasteiger partial charge in [0.15, 0.2) is 0 Å². The van der Waals surface area contributed by atoms with E-state index in [1.807, 2.05) is 0 Å². The van der Waals surface area contributed by atoms with Crippen molar-refractivity contribution < 1.29 is 40.9 Å². The quantitative estimate of drug-likeness (QED) is 0.255. The number of amides is 2. The van der Waals surface area contributed by atoms with E-state index < -0.39 is 81.0 Å². The number of hydrogen-bond donors (Lipinski definition) is 2. The number of hydrogen-bond acceptors (Lipinski definition) is 6. The Morgan fingerprint density at radius 3 is 2.27 bits per heavy atom. The molecule has 2 fully saturated rings. The largest absolute Gasteiger partial charge is 0.406 e. The zero-order valence-electron chi connectivity index (χ0n) is 21.2. The molecule has 4 rings (SSSR count). The second-order valence-electron chi connectivity index (χ2n) is 10.2. The van der Waals surface area contributed by atoms with Gasteiger partial charge in [0.2, 0.25) is 5.56 Å². The summed E-state index contributed by atoms with van der Waals surface area (Å²) in [4.78, 5) is 52.6. The lowest BCUT2D eigenvalue weighted by atomic mass is 9.99. The van der Waals surface area contributed by atoms with E-state index in [4.69, 9.17) is 0 Å². The number of carbonyl (C=O) groups excluding carboxylic acids is 2. The molecule has 0 unspecified atom stereocenters. The highest BCUT2D eigenvalue weighted by Crippen LogP contribution is 2.54. The average Bonchev–Trinajstić information content (AvgIpc) is 3.51. The Kier molecular flexibility index (Phi) is 7.88. The lowest BCUT2D eigenvalue weighted by Gasteiger charge is -2.27. The normalized spacial score (nSPS) is 18.0. The van der Waals surface area contributed by atoms with Gasteiger partial charge in [-0.2, -0.15) is 26.3 Å². The molecule has 0 radical (unpaired) electrons. The third kappa shape index (κ3) is 7.00. The molecule has 2 N–H and O–H groups in total. The molecule has 0 bridgehead atoms. The van der Waals surface area contributed by atoms with E-state index >= 15 is 0 Å². The molecule has 1 atom stereocenters. The van der Waals surface area contributed by atoms with Crippen molar-refractivity contribution >= 4 is 39.1 Å². The number of halogens is 7. The number of nitro groups is 1. The fourth-order valence-corrected chi connectivity index (χ4v) is 5.46. The molecule has 2 aliphatic rings. The van der Waals surface area contributed by atoms with Crippen molar-refractivity contribution in [3.63, 3.8) is 0 Å². The second-order valence-corrected chi connectivity index (χ2v) is 11.1. The van der Waals surface area contributed by atoms with E-state index in [1.165, 1.54) is 11.0 Å². The Morgan fingerprint density at radius 2 is 1.76 bits per heavy atom. The van der Waals surface area contributed by atoms with Gasteiger partial charge in [-0.25, -0.2) is 0 Å². The van der Waals surface area contributed by atoms with Gasteiger partial charge in [0.05, 0.1) is 16.5 Å². The Morgan fingerprint density at radius 1 is 1.15 bits per heavy atom. The topological polar surface area (TPSA) is 129 Å². The van der Waals surface area contributed by atoms with Crippen molar-refractivity contribution in [2.24, 2.45) is 5.41 Å². The number of nitrogens with one attached hydrogen (secondary N) is 2. The lowest BCUT2D eigenvalue weighted by Crippen LogP contribution is -2.44. The summed E-state index contributed by atoms with van der Waals surface area (Å²) in [5.74, 6) is -2.22. The number of nitrogens with zero attached hydrogens (tertiary/aromatic N) is 3. The minimum Gasteiger partial charge on any atom is -0.374 e. The number of aromatic nitrogens is 1. The molecule has 2 amide bonds. The van der Waals surface area contributed by atoms with Gasteiger partial charge in [0.1, 0.15) is 18.8 Å². The van der Waals surface area contributed by atoms with E-state index in [1.54, 1.807) is 6.92 Å². The van der Waals surface area contributed by atoms with Crippen LogP contribution in [0, 0.1) is 22.5 Å². The summed E-state index contributed by atoms with van der Waals surface area (Å²) in [6, 6.07) is 3.72. The maximum atomic E-state index is 13.2. The molecule has 222 valence electrons. The van der Waals surface area contributed by atoms with E-state index in [2.05, 4.69) is 26.2 Å². The van der Waals surface area contributed by atoms with Crippen molar-refractivity contribution in [1.82, 2.24) is 14.8 Å². The molecular formula is C24H22BrF6N5O5. The predicted octanol–water partition coefficient (Wildman–Crippen LogP) is 4.64. The summed E-state index contributed by atoms with van der Waals surface area (Å²) >= 11 is 2.94. The van der Waals surface area contributed by atoms with Crippen LogP contribution in [0.15, 0.2) is 33.5 Å². The Hall–Kier alpha value is -3.63. The van der Waals surface area contributed by atoms with E-state index in [-0.39, 0.29) is 23.1 Å². The van der Waals surface area contributed by atoms with Gasteiger partial charge in [0.25, 0.3) is 17.5 Å². The molecule has 2 aromatic rings. The van der Waals surface area contributed by atoms with Gasteiger partial charge in [-0.3, -0.25) is 24.5 Å². The first-order chi connectivity index (χ1) is 18.9. The molecule has 1 saturated heterocycles. The monoisotopic (exact) mass is 653 g/mol. The molecular weight excluding hydrogens is 632 g/mol. The summed E-state index contributed by atoms with van der Waals surface area (Å²) in [7, 11) is 0. The Balaban J connectivity index is 1.71. The maximum Gasteiger partial charge on any atom is 0.406 e. The number of rotatable bonds is 7. The fourth-order valence-electron chi connectivity index (χ4n) is 5.01. The third-order valence-corrected chi connectivity index (χ3v) is 7.37. The molecule has 1 aliphatic heterocycles. The number of H-pyrrole nitrogens is 1. The first-order valence-electron chi connectivity index (χ1n) is 12.0. The second kappa shape index (κ2) is 10.6. The van der Waals surface area contributed by atoms with Gasteiger partial charge >= 0.3 is 12.4 Å². The van der Waals surface area contributed by atoms with Crippen LogP contribution >= 0.6 is 15.9 Å². The summed E-state index contributed by atoms with van der Waals surface area (Å²) in [5.41, 5.74) is -2.66. The molecule has 10 nitrogen and oxygen atoms in total. The van der Waals surface area contributed by atoms with Crippen LogP contribution in [0.2, 0.25) is 0 Å². The van der Waals surface area contributed by atoms with Crippen molar-refractivity contribution in [1.29, 1.82) is 0 Å². The smallest absolute Gasteiger partial charge is 0.374 e. The van der Waals surface area contributed by atoms with Gasteiger partial charge < -0.3 is 20.1 Å². The Bertz CT molecular complexity index is 1440. The molecule has 1 aromatic carbocycles. The number of nitro benzene ring substituents is 1. The first kappa shape index (κ1) is 30.3. The van der Waals surface area contributed by atoms with Crippen LogP contribution in [-0.4, -0.2) is 76.1 Å². The number of alkyl halides is 6. The standard InChI is InChI=1S/C24H22BrF6N5O5/c1-12-4-13(5-18(37)32-12)20(38)34-8-17(22(9-34)2-3-22)33-19-15(6-14(25)7-16(19)36(40)41)21(39)35(10-23(26,27)28)11-24(29,30)31/h4-7,17,33H,2-3,8-11H2,1H3,(H,32,37)/t17-/m0/s1. The third-order valence-electron chi connectivity index (χ3n) is 6.91. The summed E-state index contributed by atoms with van der Waals surface area (Å²) in [6.45, 7) is -2.77. The molecule has 1 aromatic heterocycles. The lowest BCUT2D eigenvalue weighted by molar-refractivity contribution is -0.384. The van der Waals surface area contributed by atoms with Crippen LogP contribution in [0.5, 0.6) is 0 Å². The van der Waals surface area contributed by atoms with Gasteiger partial charge in [-0.15, -0.1) is 0 Å². The van der Waals surface area contributed by atoms with Gasteiger partial charge in [0, 0.05) is 46.4 Å². The van der Waals surface area contributed by atoms with E-state index in [9.17, 15) is 50.8 Å². The molecule has 1 spiro atoms. The minimum absolute atomic E-state index is 0.0552. The van der Waals surface area contributed by atoms with Crippen molar-refractivity contribution in [3.8, 4) is 0 Å². The van der Waals surface area contributed by atoms with Crippen LogP contribution < -0.4 is 10.9 Å². The molecule has 1 saturated carbocycles. The summed E-state index contributed by atoms with van der Waals surface area (Å²) in [5, 5.41) is 14.7.